The quantitative estimate of drug-likeness (QED) is 0.523. The third kappa shape index (κ3) is 4.66. The van der Waals surface area contributed by atoms with Crippen LogP contribution in [0, 0.1) is 0 Å². The minimum absolute atomic E-state index is 0.283. The molecule has 0 aliphatic carbocycles. The van der Waals surface area contributed by atoms with Crippen molar-refractivity contribution in [1.29, 1.82) is 0 Å². The van der Waals surface area contributed by atoms with E-state index in [-0.39, 0.29) is 5.04 Å². The fourth-order valence-corrected chi connectivity index (χ4v) is 2.61. The van der Waals surface area contributed by atoms with Crippen LogP contribution in [0.2, 0.25) is 18.1 Å². The summed E-state index contributed by atoms with van der Waals surface area (Å²) in [6.07, 6.45) is 3.73. The van der Waals surface area contributed by atoms with Gasteiger partial charge in [0.2, 0.25) is 0 Å². The molecule has 0 unspecified atom stereocenters. The predicted molar refractivity (Wildman–Crippen MR) is 84.9 cm³/mol. The van der Waals surface area contributed by atoms with Crippen LogP contribution in [0.1, 0.15) is 45.4 Å². The molecule has 0 aliphatic heterocycles. The van der Waals surface area contributed by atoms with Crippen LogP contribution in [0.4, 0.5) is 0 Å². The fraction of sp³-hybridized carbons (Fsp3) is 0.625. The molecule has 1 aromatic rings. The van der Waals surface area contributed by atoms with Crippen LogP contribution in [-0.4, -0.2) is 14.9 Å². The van der Waals surface area contributed by atoms with Crippen molar-refractivity contribution in [2.24, 2.45) is 0 Å². The van der Waals surface area contributed by atoms with Crippen LogP contribution in [0.25, 0.3) is 5.57 Å². The molecule has 0 N–H and O–H groups in total. The average molecular weight is 280 g/mol. The molecular formula is C16H28O2Si. The molecule has 0 bridgehead atoms. The highest BCUT2D eigenvalue weighted by Gasteiger charge is 2.36. The van der Waals surface area contributed by atoms with Gasteiger partial charge in [0.15, 0.2) is 8.32 Å². The zero-order valence-corrected chi connectivity index (χ0v) is 14.3. The van der Waals surface area contributed by atoms with Crippen molar-refractivity contribution >= 4 is 13.9 Å². The van der Waals surface area contributed by atoms with Crippen LogP contribution < -0.4 is 0 Å². The standard InChI is InChI=1S/C16H28O2Si/c1-13(2)14-11-15(17-12-14)9-8-10-18-19(6,7)16(3,4)5/h11-12H,1,8-10H2,2-7H3. The van der Waals surface area contributed by atoms with Crippen LogP contribution in [0.3, 0.4) is 0 Å². The molecule has 0 aromatic carbocycles. The summed E-state index contributed by atoms with van der Waals surface area (Å²) >= 11 is 0. The molecule has 1 rings (SSSR count). The van der Waals surface area contributed by atoms with Gasteiger partial charge < -0.3 is 8.84 Å². The Balaban J connectivity index is 2.37. The Morgan fingerprint density at radius 1 is 1.37 bits per heavy atom. The second-order valence-corrected chi connectivity index (χ2v) is 11.6. The number of aryl methyl sites for hydroxylation is 1. The summed E-state index contributed by atoms with van der Waals surface area (Å²) in [5.74, 6) is 1.02. The van der Waals surface area contributed by atoms with Gasteiger partial charge in [-0.3, -0.25) is 0 Å². The minimum Gasteiger partial charge on any atom is -0.469 e. The summed E-state index contributed by atoms with van der Waals surface area (Å²) in [5.41, 5.74) is 2.15. The number of allylic oxidation sites excluding steroid dienone is 1. The lowest BCUT2D eigenvalue weighted by atomic mass is 10.1. The SMILES string of the molecule is C=C(C)c1coc(CCCO[Si](C)(C)C(C)(C)C)c1. The molecule has 0 spiro atoms. The van der Waals surface area contributed by atoms with E-state index >= 15 is 0 Å². The molecule has 0 saturated heterocycles. The fourth-order valence-electron chi connectivity index (χ4n) is 1.53. The summed E-state index contributed by atoms with van der Waals surface area (Å²) in [5, 5.41) is 0.283. The average Bonchev–Trinajstić information content (AvgIpc) is 2.71. The molecule has 19 heavy (non-hydrogen) atoms. The summed E-state index contributed by atoms with van der Waals surface area (Å²) in [6, 6.07) is 2.08. The third-order valence-corrected chi connectivity index (χ3v) is 8.52. The van der Waals surface area contributed by atoms with Gasteiger partial charge in [0.25, 0.3) is 0 Å². The van der Waals surface area contributed by atoms with Gasteiger partial charge in [-0.15, -0.1) is 0 Å². The Labute approximate surface area is 119 Å². The predicted octanol–water partition coefficient (Wildman–Crippen LogP) is 5.27. The van der Waals surface area contributed by atoms with Crippen LogP contribution in [0.15, 0.2) is 23.3 Å². The lowest BCUT2D eigenvalue weighted by Crippen LogP contribution is -2.41. The Morgan fingerprint density at radius 3 is 2.47 bits per heavy atom. The van der Waals surface area contributed by atoms with Gasteiger partial charge in [0.1, 0.15) is 5.76 Å². The smallest absolute Gasteiger partial charge is 0.191 e. The summed E-state index contributed by atoms with van der Waals surface area (Å²) in [4.78, 5) is 0. The number of rotatable bonds is 6. The maximum absolute atomic E-state index is 6.15. The van der Waals surface area contributed by atoms with Crippen LogP contribution in [-0.2, 0) is 10.8 Å². The van der Waals surface area contributed by atoms with E-state index in [0.717, 1.165) is 36.3 Å². The lowest BCUT2D eigenvalue weighted by Gasteiger charge is -2.36. The monoisotopic (exact) mass is 280 g/mol. The zero-order chi connectivity index (χ0) is 14.7. The highest BCUT2D eigenvalue weighted by atomic mass is 28.4. The Morgan fingerprint density at radius 2 is 2.00 bits per heavy atom. The van der Waals surface area contributed by atoms with E-state index in [2.05, 4.69) is 46.5 Å². The van der Waals surface area contributed by atoms with E-state index in [0.29, 0.717) is 0 Å². The normalized spacial score (nSPS) is 12.7. The highest BCUT2D eigenvalue weighted by Crippen LogP contribution is 2.36. The lowest BCUT2D eigenvalue weighted by molar-refractivity contribution is 0.279. The molecule has 0 saturated carbocycles. The maximum Gasteiger partial charge on any atom is 0.191 e. The van der Waals surface area contributed by atoms with Crippen molar-refractivity contribution in [2.75, 3.05) is 6.61 Å². The summed E-state index contributed by atoms with van der Waals surface area (Å²) < 4.78 is 11.7. The molecule has 3 heteroatoms. The van der Waals surface area contributed by atoms with E-state index in [1.54, 1.807) is 6.26 Å². The van der Waals surface area contributed by atoms with E-state index in [1.807, 2.05) is 6.92 Å². The van der Waals surface area contributed by atoms with Gasteiger partial charge in [0, 0.05) is 18.6 Å². The first kappa shape index (κ1) is 16.3. The van der Waals surface area contributed by atoms with Crippen molar-refractivity contribution in [2.45, 2.75) is 58.7 Å². The number of hydrogen-bond donors (Lipinski definition) is 0. The van der Waals surface area contributed by atoms with Gasteiger partial charge in [-0.25, -0.2) is 0 Å². The van der Waals surface area contributed by atoms with E-state index in [4.69, 9.17) is 8.84 Å². The first-order chi connectivity index (χ1) is 8.63. The second-order valence-electron chi connectivity index (χ2n) is 6.79. The highest BCUT2D eigenvalue weighted by molar-refractivity contribution is 6.74. The third-order valence-electron chi connectivity index (χ3n) is 3.98. The molecule has 1 aromatic heterocycles. The van der Waals surface area contributed by atoms with Crippen molar-refractivity contribution in [1.82, 2.24) is 0 Å². The maximum atomic E-state index is 6.15. The van der Waals surface area contributed by atoms with Gasteiger partial charge in [0.05, 0.1) is 6.26 Å². The van der Waals surface area contributed by atoms with Crippen LogP contribution in [0.5, 0.6) is 0 Å². The summed E-state index contributed by atoms with van der Waals surface area (Å²) in [6.45, 7) is 18.1. The Bertz CT molecular complexity index is 424. The molecular weight excluding hydrogens is 252 g/mol. The van der Waals surface area contributed by atoms with Gasteiger partial charge in [-0.05, 0) is 43.1 Å². The molecule has 0 fully saturated rings. The topological polar surface area (TPSA) is 22.4 Å². The van der Waals surface area contributed by atoms with Gasteiger partial charge in [-0.1, -0.05) is 27.4 Å². The molecule has 0 amide bonds. The molecule has 0 atom stereocenters. The molecule has 0 radical (unpaired) electrons. The molecule has 108 valence electrons. The molecule has 2 nitrogen and oxygen atoms in total. The van der Waals surface area contributed by atoms with E-state index in [1.165, 1.54) is 0 Å². The van der Waals surface area contributed by atoms with Crippen molar-refractivity contribution in [3.63, 3.8) is 0 Å². The number of furan rings is 1. The van der Waals surface area contributed by atoms with E-state index in [9.17, 15) is 0 Å². The van der Waals surface area contributed by atoms with Crippen molar-refractivity contribution in [3.05, 3.63) is 30.2 Å². The first-order valence-corrected chi connectivity index (χ1v) is 9.91. The number of hydrogen-bond acceptors (Lipinski definition) is 2. The Kier molecular flexibility index (Phi) is 5.22. The minimum atomic E-state index is -1.60. The first-order valence-electron chi connectivity index (χ1n) is 7.01. The molecule has 1 heterocycles. The van der Waals surface area contributed by atoms with Crippen molar-refractivity contribution in [3.8, 4) is 0 Å². The second kappa shape index (κ2) is 6.10. The molecule has 0 aliphatic rings. The zero-order valence-electron chi connectivity index (χ0n) is 13.3. The van der Waals surface area contributed by atoms with Crippen molar-refractivity contribution < 1.29 is 8.84 Å². The van der Waals surface area contributed by atoms with Gasteiger partial charge in [-0.2, -0.15) is 0 Å². The van der Waals surface area contributed by atoms with Crippen LogP contribution >= 0.6 is 0 Å². The summed E-state index contributed by atoms with van der Waals surface area (Å²) in [7, 11) is -1.60. The van der Waals surface area contributed by atoms with Gasteiger partial charge >= 0.3 is 0 Å². The largest absolute Gasteiger partial charge is 0.469 e. The Hall–Kier alpha value is -0.803. The van der Waals surface area contributed by atoms with E-state index < -0.39 is 8.32 Å².